The lowest BCUT2D eigenvalue weighted by Gasteiger charge is -2.41. The molecular formula is C21H22N2O3. The summed E-state index contributed by atoms with van der Waals surface area (Å²) in [6.45, 7) is 2.68. The molecule has 0 amide bonds. The normalized spacial score (nSPS) is 22.5. The van der Waals surface area contributed by atoms with E-state index < -0.39 is 0 Å². The fourth-order valence-corrected chi connectivity index (χ4v) is 4.34. The minimum atomic E-state index is -0.364. The zero-order chi connectivity index (χ0) is 18.3. The largest absolute Gasteiger partial charge is 0.466 e. The molecule has 5 heteroatoms. The number of rotatable bonds is 3. The van der Waals surface area contributed by atoms with Crippen molar-refractivity contribution in [1.82, 2.24) is 9.88 Å². The molecule has 5 nitrogen and oxygen atoms in total. The summed E-state index contributed by atoms with van der Waals surface area (Å²) in [6.07, 6.45) is 6.14. The van der Waals surface area contributed by atoms with Crippen LogP contribution in [-0.2, 0) is 20.7 Å². The maximum Gasteiger partial charge on any atom is 0.335 e. The molecule has 1 N–H and O–H groups in total. The van der Waals surface area contributed by atoms with Crippen molar-refractivity contribution in [2.45, 2.75) is 25.8 Å². The highest BCUT2D eigenvalue weighted by Crippen LogP contribution is 2.44. The van der Waals surface area contributed by atoms with Gasteiger partial charge in [0.15, 0.2) is 0 Å². The molecule has 2 aliphatic rings. The fourth-order valence-electron chi connectivity index (χ4n) is 4.34. The Kier molecular flexibility index (Phi) is 4.15. The molecule has 26 heavy (non-hydrogen) atoms. The van der Waals surface area contributed by atoms with Gasteiger partial charge < -0.3 is 14.6 Å². The molecule has 0 aliphatic carbocycles. The molecular weight excluding hydrogens is 328 g/mol. The second-order valence-corrected chi connectivity index (χ2v) is 6.84. The molecule has 2 aromatic rings. The molecule has 0 radical (unpaired) electrons. The monoisotopic (exact) mass is 350 g/mol. The molecule has 0 fully saturated rings. The molecule has 2 atom stereocenters. The summed E-state index contributed by atoms with van der Waals surface area (Å²) in [7, 11) is 1.38. The number of para-hydroxylation sites is 1. The van der Waals surface area contributed by atoms with Crippen LogP contribution < -0.4 is 0 Å². The highest BCUT2D eigenvalue weighted by atomic mass is 16.5. The number of H-pyrrole nitrogens is 1. The van der Waals surface area contributed by atoms with Gasteiger partial charge in [-0.2, -0.15) is 0 Å². The fraction of sp³-hybridized carbons (Fsp3) is 0.333. The van der Waals surface area contributed by atoms with Gasteiger partial charge in [-0.25, -0.2) is 4.79 Å². The number of allylic oxidation sites excluding steroid dienone is 2. The van der Waals surface area contributed by atoms with Crippen LogP contribution in [0.2, 0.25) is 0 Å². The van der Waals surface area contributed by atoms with Crippen LogP contribution in [0.1, 0.15) is 30.6 Å². The van der Waals surface area contributed by atoms with Gasteiger partial charge in [0.1, 0.15) is 6.29 Å². The number of carbonyl (C=O) groups excluding carboxylic acids is 2. The number of nitrogens with one attached hydrogen (secondary N) is 1. The topological polar surface area (TPSA) is 62.4 Å². The van der Waals surface area contributed by atoms with E-state index in [0.29, 0.717) is 17.6 Å². The number of benzene rings is 1. The van der Waals surface area contributed by atoms with Gasteiger partial charge in [-0.1, -0.05) is 24.3 Å². The standard InChI is InChI=1S/C21H22N2O3/c1-3-13(12-24)16-10-19-20-15(14-6-4-5-7-18(14)22-20)8-9-23(19)11-17(16)21(25)26-2/h3-7,11-12,16,19,22H,8-10H2,1-2H3/b13-3+/t16-,19+/m1/s1. The number of fused-ring (bicyclic) bond motifs is 5. The van der Waals surface area contributed by atoms with E-state index in [9.17, 15) is 9.59 Å². The number of aromatic amines is 1. The van der Waals surface area contributed by atoms with Crippen molar-refractivity contribution in [2.24, 2.45) is 5.92 Å². The van der Waals surface area contributed by atoms with Crippen LogP contribution in [0.15, 0.2) is 47.7 Å². The molecule has 0 saturated carbocycles. The molecule has 4 rings (SSSR count). The summed E-state index contributed by atoms with van der Waals surface area (Å²) in [5.41, 5.74) is 4.88. The maximum absolute atomic E-state index is 12.3. The van der Waals surface area contributed by atoms with Gasteiger partial charge in [0.05, 0.1) is 18.7 Å². The first-order valence-electron chi connectivity index (χ1n) is 8.94. The number of aromatic nitrogens is 1. The van der Waals surface area contributed by atoms with Crippen molar-refractivity contribution >= 4 is 23.2 Å². The zero-order valence-corrected chi connectivity index (χ0v) is 15.0. The Balaban J connectivity index is 1.82. The first-order chi connectivity index (χ1) is 12.7. The lowest BCUT2D eigenvalue weighted by atomic mass is 9.80. The number of nitrogens with zero attached hydrogens (tertiary/aromatic N) is 1. The van der Waals surface area contributed by atoms with Crippen molar-refractivity contribution in [1.29, 1.82) is 0 Å². The minimum Gasteiger partial charge on any atom is -0.466 e. The second kappa shape index (κ2) is 6.48. The first-order valence-corrected chi connectivity index (χ1v) is 8.94. The lowest BCUT2D eigenvalue weighted by molar-refractivity contribution is -0.137. The molecule has 0 spiro atoms. The third kappa shape index (κ3) is 2.46. The van der Waals surface area contributed by atoms with Gasteiger partial charge >= 0.3 is 5.97 Å². The SMILES string of the molecule is C/C=C(\C=O)[C@H]1C[C@H]2c3[nH]c4ccccc4c3CCN2C=C1C(=O)OC. The maximum atomic E-state index is 12.3. The van der Waals surface area contributed by atoms with Crippen LogP contribution in [0.5, 0.6) is 0 Å². The van der Waals surface area contributed by atoms with E-state index in [1.54, 1.807) is 6.08 Å². The Bertz CT molecular complexity index is 938. The van der Waals surface area contributed by atoms with Crippen LogP contribution >= 0.6 is 0 Å². The van der Waals surface area contributed by atoms with Crippen LogP contribution in [-0.4, -0.2) is 35.8 Å². The van der Waals surface area contributed by atoms with Crippen molar-refractivity contribution in [3.63, 3.8) is 0 Å². The van der Waals surface area contributed by atoms with Crippen molar-refractivity contribution in [3.05, 3.63) is 58.9 Å². The third-order valence-corrected chi connectivity index (χ3v) is 5.63. The van der Waals surface area contributed by atoms with Gasteiger partial charge in [0.25, 0.3) is 0 Å². The quantitative estimate of drug-likeness (QED) is 0.524. The van der Waals surface area contributed by atoms with E-state index in [4.69, 9.17) is 4.74 Å². The molecule has 0 bridgehead atoms. The Hall–Kier alpha value is -2.82. The predicted octanol–water partition coefficient (Wildman–Crippen LogP) is 3.29. The average molecular weight is 350 g/mol. The molecule has 0 saturated heterocycles. The van der Waals surface area contributed by atoms with Gasteiger partial charge in [0.2, 0.25) is 0 Å². The summed E-state index contributed by atoms with van der Waals surface area (Å²) in [6, 6.07) is 8.47. The number of carbonyl (C=O) groups is 2. The van der Waals surface area contributed by atoms with Crippen molar-refractivity contribution in [3.8, 4) is 0 Å². The van der Waals surface area contributed by atoms with Crippen molar-refractivity contribution < 1.29 is 14.3 Å². The summed E-state index contributed by atoms with van der Waals surface area (Å²) in [5, 5.41) is 1.27. The van der Waals surface area contributed by atoms with E-state index in [2.05, 4.69) is 28.1 Å². The van der Waals surface area contributed by atoms with Crippen LogP contribution in [0.4, 0.5) is 0 Å². The van der Waals surface area contributed by atoms with Crippen molar-refractivity contribution in [2.75, 3.05) is 13.7 Å². The second-order valence-electron chi connectivity index (χ2n) is 6.84. The van der Waals surface area contributed by atoms with Crippen LogP contribution in [0.3, 0.4) is 0 Å². The zero-order valence-electron chi connectivity index (χ0n) is 15.0. The predicted molar refractivity (Wildman–Crippen MR) is 99.5 cm³/mol. The summed E-state index contributed by atoms with van der Waals surface area (Å²) >= 11 is 0. The Morgan fingerprint density at radius 2 is 2.15 bits per heavy atom. The van der Waals surface area contributed by atoms with E-state index >= 15 is 0 Å². The van der Waals surface area contributed by atoms with Crippen LogP contribution in [0, 0.1) is 5.92 Å². The van der Waals surface area contributed by atoms with Crippen LogP contribution in [0.25, 0.3) is 10.9 Å². The van der Waals surface area contributed by atoms with Gasteiger partial charge in [-0.3, -0.25) is 4.79 Å². The van der Waals surface area contributed by atoms with E-state index in [0.717, 1.165) is 24.8 Å². The highest BCUT2D eigenvalue weighted by molar-refractivity contribution is 5.92. The minimum absolute atomic E-state index is 0.124. The van der Waals surface area contributed by atoms with Gasteiger partial charge in [-0.15, -0.1) is 0 Å². The highest BCUT2D eigenvalue weighted by Gasteiger charge is 2.39. The van der Waals surface area contributed by atoms with E-state index in [1.807, 2.05) is 19.2 Å². The Morgan fingerprint density at radius 1 is 1.35 bits per heavy atom. The third-order valence-electron chi connectivity index (χ3n) is 5.63. The van der Waals surface area contributed by atoms with E-state index in [-0.39, 0.29) is 17.9 Å². The van der Waals surface area contributed by atoms with Gasteiger partial charge in [0, 0.05) is 35.3 Å². The summed E-state index contributed by atoms with van der Waals surface area (Å²) in [4.78, 5) is 29.7. The number of hydrogen-bond acceptors (Lipinski definition) is 4. The smallest absolute Gasteiger partial charge is 0.335 e. The average Bonchev–Trinajstić information content (AvgIpc) is 3.07. The molecule has 134 valence electrons. The van der Waals surface area contributed by atoms with E-state index in [1.165, 1.54) is 23.8 Å². The molecule has 3 heterocycles. The van der Waals surface area contributed by atoms with Gasteiger partial charge in [-0.05, 0) is 37.0 Å². The number of hydrogen-bond donors (Lipinski definition) is 1. The Labute approximate surface area is 152 Å². The summed E-state index contributed by atoms with van der Waals surface area (Å²) in [5.74, 6) is -0.611. The number of aldehydes is 1. The first kappa shape index (κ1) is 16.6. The molecule has 0 unspecified atom stereocenters. The molecule has 1 aromatic carbocycles. The lowest BCUT2D eigenvalue weighted by Crippen LogP contribution is -2.38. The Morgan fingerprint density at radius 3 is 2.88 bits per heavy atom. The molecule has 2 aliphatic heterocycles. The number of methoxy groups -OCH3 is 1. The molecule has 1 aromatic heterocycles. The summed E-state index contributed by atoms with van der Waals surface area (Å²) < 4.78 is 4.97. The number of ether oxygens (including phenoxy) is 1. The number of esters is 1.